The summed E-state index contributed by atoms with van der Waals surface area (Å²) in [7, 11) is 0. The molecule has 0 aliphatic heterocycles. The van der Waals surface area contributed by atoms with Gasteiger partial charge in [0.25, 0.3) is 0 Å². The van der Waals surface area contributed by atoms with Crippen molar-refractivity contribution in [2.24, 2.45) is 0 Å². The maximum atomic E-state index is 6.43. The average Bonchev–Trinajstić information content (AvgIpc) is 3.43. The monoisotopic (exact) mass is 435 g/mol. The lowest BCUT2D eigenvalue weighted by Crippen LogP contribution is -2.06. The van der Waals surface area contributed by atoms with Gasteiger partial charge < -0.3 is 8.98 Å². The highest BCUT2D eigenvalue weighted by molar-refractivity contribution is 6.16. The van der Waals surface area contributed by atoms with Crippen LogP contribution in [0.4, 0.5) is 0 Å². The summed E-state index contributed by atoms with van der Waals surface area (Å²) in [4.78, 5) is 0. The molecule has 7 aromatic rings. The fraction of sp³-hybridized carbons (Fsp3) is 0.0625. The number of hydrogen-bond donors (Lipinski definition) is 0. The van der Waals surface area contributed by atoms with Crippen molar-refractivity contribution < 1.29 is 4.42 Å². The fourth-order valence-electron chi connectivity index (χ4n) is 6.12. The number of fused-ring (bicyclic) bond motifs is 6. The Balaban J connectivity index is 1.63. The van der Waals surface area contributed by atoms with Crippen LogP contribution in [-0.2, 0) is 0 Å². The molecule has 5 aromatic carbocycles. The van der Waals surface area contributed by atoms with Crippen LogP contribution in [0.3, 0.4) is 0 Å². The minimum atomic E-state index is 0.215. The van der Waals surface area contributed by atoms with Crippen molar-refractivity contribution >= 4 is 43.7 Å². The van der Waals surface area contributed by atoms with Crippen molar-refractivity contribution in [1.82, 2.24) is 4.57 Å². The van der Waals surface area contributed by atoms with Crippen LogP contribution in [0.5, 0.6) is 0 Å². The fourth-order valence-corrected chi connectivity index (χ4v) is 6.12. The summed E-state index contributed by atoms with van der Waals surface area (Å²) in [6, 6.07) is 37.3. The molecule has 0 spiro atoms. The third-order valence-corrected chi connectivity index (χ3v) is 7.63. The number of benzene rings is 5. The Morgan fingerprint density at radius 3 is 2.15 bits per heavy atom. The average molecular weight is 436 g/mol. The molecule has 2 bridgehead atoms. The second-order valence-corrected chi connectivity index (χ2v) is 9.37. The Bertz CT molecular complexity index is 1880. The Hall–Kier alpha value is -4.30. The molecule has 1 atom stereocenters. The van der Waals surface area contributed by atoms with Gasteiger partial charge in [-0.25, -0.2) is 0 Å². The first-order valence-electron chi connectivity index (χ1n) is 11.9. The molecule has 8 rings (SSSR count). The van der Waals surface area contributed by atoms with Gasteiger partial charge in [0, 0.05) is 27.5 Å². The van der Waals surface area contributed by atoms with Crippen LogP contribution in [-0.4, -0.2) is 4.57 Å². The topological polar surface area (TPSA) is 18.1 Å². The number of furan rings is 1. The van der Waals surface area contributed by atoms with Gasteiger partial charge in [0.1, 0.15) is 11.2 Å². The first-order chi connectivity index (χ1) is 16.8. The van der Waals surface area contributed by atoms with E-state index in [-0.39, 0.29) is 5.92 Å². The minimum Gasteiger partial charge on any atom is -0.456 e. The minimum absolute atomic E-state index is 0.215. The lowest BCUT2D eigenvalue weighted by atomic mass is 9.83. The van der Waals surface area contributed by atoms with Gasteiger partial charge in [-0.3, -0.25) is 0 Å². The molecule has 2 heterocycles. The van der Waals surface area contributed by atoms with Crippen LogP contribution in [0.2, 0.25) is 0 Å². The van der Waals surface area contributed by atoms with Crippen molar-refractivity contribution in [2.75, 3.05) is 0 Å². The largest absolute Gasteiger partial charge is 0.456 e. The summed E-state index contributed by atoms with van der Waals surface area (Å²) < 4.78 is 8.88. The third-order valence-electron chi connectivity index (χ3n) is 7.63. The normalized spacial score (nSPS) is 14.9. The zero-order valence-corrected chi connectivity index (χ0v) is 18.7. The van der Waals surface area contributed by atoms with Gasteiger partial charge in [-0.1, -0.05) is 79.7 Å². The quantitative estimate of drug-likeness (QED) is 0.252. The van der Waals surface area contributed by atoms with Crippen LogP contribution in [0.25, 0.3) is 60.6 Å². The smallest absolute Gasteiger partial charge is 0.136 e. The van der Waals surface area contributed by atoms with Gasteiger partial charge >= 0.3 is 0 Å². The molecule has 0 amide bonds. The number of para-hydroxylation sites is 2. The second-order valence-electron chi connectivity index (χ2n) is 9.37. The summed E-state index contributed by atoms with van der Waals surface area (Å²) in [6.45, 7) is 2.33. The molecule has 0 saturated carbocycles. The van der Waals surface area contributed by atoms with Crippen LogP contribution in [0.15, 0.2) is 108 Å². The Morgan fingerprint density at radius 2 is 1.35 bits per heavy atom. The van der Waals surface area contributed by atoms with E-state index < -0.39 is 0 Å². The SMILES string of the molecule is CC1c2cccc(c2)-c2cccc3oc4ccc(-n5c6ccccc6c6ccccc65)c1c4c23. The van der Waals surface area contributed by atoms with Gasteiger partial charge in [0.05, 0.1) is 16.7 Å². The van der Waals surface area contributed by atoms with Crippen molar-refractivity contribution in [2.45, 2.75) is 12.8 Å². The van der Waals surface area contributed by atoms with Crippen LogP contribution < -0.4 is 0 Å². The van der Waals surface area contributed by atoms with Crippen molar-refractivity contribution in [1.29, 1.82) is 0 Å². The van der Waals surface area contributed by atoms with Crippen molar-refractivity contribution in [3.63, 3.8) is 0 Å². The lowest BCUT2D eigenvalue weighted by molar-refractivity contribution is 0.668. The zero-order chi connectivity index (χ0) is 22.4. The van der Waals surface area contributed by atoms with E-state index in [9.17, 15) is 0 Å². The molecular weight excluding hydrogens is 414 g/mol. The van der Waals surface area contributed by atoms with Crippen LogP contribution in [0.1, 0.15) is 24.0 Å². The van der Waals surface area contributed by atoms with Crippen LogP contribution in [0, 0.1) is 0 Å². The number of aromatic nitrogens is 1. The molecule has 0 N–H and O–H groups in total. The Morgan fingerprint density at radius 1 is 0.647 bits per heavy atom. The van der Waals surface area contributed by atoms with Gasteiger partial charge in [0.2, 0.25) is 0 Å². The van der Waals surface area contributed by atoms with E-state index in [1.165, 1.54) is 60.5 Å². The van der Waals surface area contributed by atoms with Crippen molar-refractivity contribution in [3.05, 3.63) is 114 Å². The highest BCUT2D eigenvalue weighted by Crippen LogP contribution is 2.47. The highest BCUT2D eigenvalue weighted by atomic mass is 16.3. The lowest BCUT2D eigenvalue weighted by Gasteiger charge is -2.23. The number of rotatable bonds is 1. The summed E-state index contributed by atoms with van der Waals surface area (Å²) in [6.07, 6.45) is 0. The molecule has 1 aliphatic rings. The molecule has 1 aliphatic carbocycles. The second kappa shape index (κ2) is 6.39. The summed E-state index contributed by atoms with van der Waals surface area (Å²) in [5.41, 5.74) is 10.7. The zero-order valence-electron chi connectivity index (χ0n) is 18.7. The molecule has 160 valence electrons. The number of hydrogen-bond acceptors (Lipinski definition) is 1. The predicted octanol–water partition coefficient (Wildman–Crippen LogP) is 8.82. The molecule has 34 heavy (non-hydrogen) atoms. The maximum Gasteiger partial charge on any atom is 0.136 e. The molecule has 2 nitrogen and oxygen atoms in total. The van der Waals surface area contributed by atoms with Gasteiger partial charge in [-0.15, -0.1) is 0 Å². The molecule has 0 saturated heterocycles. The maximum absolute atomic E-state index is 6.43. The molecule has 1 unspecified atom stereocenters. The summed E-state index contributed by atoms with van der Waals surface area (Å²) in [5, 5.41) is 5.02. The third kappa shape index (κ3) is 2.20. The molecule has 0 radical (unpaired) electrons. The highest BCUT2D eigenvalue weighted by Gasteiger charge is 2.26. The Kier molecular flexibility index (Phi) is 3.41. The Labute approximate surface area is 196 Å². The van der Waals surface area contributed by atoms with E-state index in [0.717, 1.165) is 11.2 Å². The van der Waals surface area contributed by atoms with Crippen molar-refractivity contribution in [3.8, 4) is 16.8 Å². The van der Waals surface area contributed by atoms with Crippen LogP contribution >= 0.6 is 0 Å². The first kappa shape index (κ1) is 18.2. The predicted molar refractivity (Wildman–Crippen MR) is 141 cm³/mol. The van der Waals surface area contributed by atoms with Gasteiger partial charge in [-0.2, -0.15) is 0 Å². The van der Waals surface area contributed by atoms with E-state index in [0.29, 0.717) is 0 Å². The standard InChI is InChI=1S/C32H21NO/c1-19-20-8-6-9-21(18-20)22-12-7-15-28-31(22)32-29(34-28)17-16-27(30(19)32)33-25-13-4-2-10-23(25)24-11-3-5-14-26(24)33/h2-19H,1H3. The van der Waals surface area contributed by atoms with Gasteiger partial charge in [-0.05, 0) is 52.6 Å². The van der Waals surface area contributed by atoms with E-state index in [1.807, 2.05) is 0 Å². The van der Waals surface area contributed by atoms with E-state index in [4.69, 9.17) is 4.42 Å². The van der Waals surface area contributed by atoms with Gasteiger partial charge in [0.15, 0.2) is 0 Å². The molecule has 2 aromatic heterocycles. The van der Waals surface area contributed by atoms with E-state index in [1.54, 1.807) is 0 Å². The molecule has 2 heteroatoms. The van der Waals surface area contributed by atoms with E-state index in [2.05, 4.69) is 115 Å². The molecular formula is C32H21NO. The summed E-state index contributed by atoms with van der Waals surface area (Å²) >= 11 is 0. The first-order valence-corrected chi connectivity index (χ1v) is 11.9. The summed E-state index contributed by atoms with van der Waals surface area (Å²) in [5.74, 6) is 0.215. The molecule has 0 fully saturated rings. The van der Waals surface area contributed by atoms with E-state index >= 15 is 0 Å². The number of nitrogens with zero attached hydrogens (tertiary/aromatic N) is 1.